The van der Waals surface area contributed by atoms with Crippen LogP contribution in [0.15, 0.2) is 48.5 Å². The minimum atomic E-state index is -0.313. The Labute approximate surface area is 167 Å². The summed E-state index contributed by atoms with van der Waals surface area (Å²) in [6, 6.07) is 17.5. The lowest BCUT2D eigenvalue weighted by Gasteiger charge is -2.32. The van der Waals surface area contributed by atoms with E-state index >= 15 is 0 Å². The van der Waals surface area contributed by atoms with E-state index in [0.717, 1.165) is 11.9 Å². The third-order valence-corrected chi connectivity index (χ3v) is 6.86. The Morgan fingerprint density at radius 3 is 2.18 bits per heavy atom. The molecule has 1 aliphatic carbocycles. The Kier molecular flexibility index (Phi) is 4.01. The van der Waals surface area contributed by atoms with Crippen LogP contribution in [0.4, 0.5) is 0 Å². The number of aryl methyl sites for hydroxylation is 1. The summed E-state index contributed by atoms with van der Waals surface area (Å²) in [5, 5.41) is 1.41. The van der Waals surface area contributed by atoms with Gasteiger partial charge in [-0.2, -0.15) is 0 Å². The fourth-order valence-corrected chi connectivity index (χ4v) is 4.55. The Bertz CT molecular complexity index is 1020. The van der Waals surface area contributed by atoms with Crippen LogP contribution in [0, 0.1) is 0 Å². The average molecular weight is 373 g/mol. The second kappa shape index (κ2) is 6.23. The monoisotopic (exact) mass is 373 g/mol. The molecule has 0 spiro atoms. The number of nitrogens with zero attached hydrogens (tertiary/aromatic N) is 1. The Hall–Kier alpha value is -2.04. The van der Waals surface area contributed by atoms with E-state index in [1.165, 1.54) is 47.1 Å². The predicted molar refractivity (Wildman–Crippen MR) is 116 cm³/mol. The normalized spacial score (nSPS) is 20.5. The number of fused-ring (bicyclic) bond motifs is 3. The molecule has 144 valence electrons. The quantitative estimate of drug-likeness (QED) is 0.602. The Morgan fingerprint density at radius 1 is 0.821 bits per heavy atom. The molecule has 3 nitrogen and oxygen atoms in total. The number of hydrogen-bond donors (Lipinski definition) is 0. The summed E-state index contributed by atoms with van der Waals surface area (Å²) < 4.78 is 14.9. The van der Waals surface area contributed by atoms with Crippen LogP contribution in [0.25, 0.3) is 16.6 Å². The van der Waals surface area contributed by atoms with Crippen molar-refractivity contribution in [1.29, 1.82) is 0 Å². The van der Waals surface area contributed by atoms with E-state index < -0.39 is 0 Å². The molecule has 0 bridgehead atoms. The highest BCUT2D eigenvalue weighted by Gasteiger charge is 2.51. The van der Waals surface area contributed by atoms with Gasteiger partial charge in [-0.05, 0) is 82.6 Å². The van der Waals surface area contributed by atoms with Gasteiger partial charge in [-0.15, -0.1) is 0 Å². The molecule has 4 heteroatoms. The number of benzene rings is 2. The standard InChI is InChI=1S/C24H28BNO2/c1-23(2)24(3,4)28-25(27-23)17-13-15-18(16-14-17)26-21-11-7-5-9-19(21)20-10-6-8-12-22(20)26/h5,7,9,11,13-16H,6,8,10,12H2,1-4H3. The van der Waals surface area contributed by atoms with E-state index in [-0.39, 0.29) is 18.3 Å². The minimum absolute atomic E-state index is 0.311. The maximum Gasteiger partial charge on any atom is 0.494 e. The van der Waals surface area contributed by atoms with Crippen LogP contribution in [0.3, 0.4) is 0 Å². The van der Waals surface area contributed by atoms with Gasteiger partial charge in [0.2, 0.25) is 0 Å². The summed E-state index contributed by atoms with van der Waals surface area (Å²) in [4.78, 5) is 0. The van der Waals surface area contributed by atoms with Gasteiger partial charge in [0.15, 0.2) is 0 Å². The first-order chi connectivity index (χ1) is 13.4. The van der Waals surface area contributed by atoms with E-state index in [4.69, 9.17) is 9.31 Å². The van der Waals surface area contributed by atoms with Crippen LogP contribution >= 0.6 is 0 Å². The van der Waals surface area contributed by atoms with E-state index in [1.807, 2.05) is 0 Å². The summed E-state index contributed by atoms with van der Waals surface area (Å²) in [5.74, 6) is 0. The molecule has 0 saturated carbocycles. The van der Waals surface area contributed by atoms with Crippen LogP contribution in [-0.4, -0.2) is 22.9 Å². The molecule has 2 aromatic carbocycles. The molecular formula is C24H28BNO2. The van der Waals surface area contributed by atoms with Gasteiger partial charge >= 0.3 is 7.12 Å². The molecule has 5 rings (SSSR count). The zero-order chi connectivity index (χ0) is 19.5. The fourth-order valence-electron chi connectivity index (χ4n) is 4.55. The first kappa shape index (κ1) is 18.0. The maximum absolute atomic E-state index is 6.21. The van der Waals surface area contributed by atoms with E-state index in [0.29, 0.717) is 0 Å². The van der Waals surface area contributed by atoms with Crippen LogP contribution in [0.5, 0.6) is 0 Å². The lowest BCUT2D eigenvalue weighted by Crippen LogP contribution is -2.41. The first-order valence-corrected chi connectivity index (χ1v) is 10.4. The van der Waals surface area contributed by atoms with Crippen LogP contribution in [-0.2, 0) is 22.2 Å². The maximum atomic E-state index is 6.21. The second-order valence-electron chi connectivity index (χ2n) is 9.16. The molecule has 0 unspecified atom stereocenters. The van der Waals surface area contributed by atoms with Crippen molar-refractivity contribution in [2.45, 2.75) is 64.6 Å². The van der Waals surface area contributed by atoms with Gasteiger partial charge in [-0.25, -0.2) is 0 Å². The Morgan fingerprint density at radius 2 is 1.46 bits per heavy atom. The largest absolute Gasteiger partial charge is 0.494 e. The molecule has 1 aromatic heterocycles. The van der Waals surface area contributed by atoms with Crippen molar-refractivity contribution in [2.24, 2.45) is 0 Å². The molecular weight excluding hydrogens is 345 g/mol. The van der Waals surface area contributed by atoms with Crippen LogP contribution in [0.1, 0.15) is 51.8 Å². The van der Waals surface area contributed by atoms with Gasteiger partial charge in [-0.3, -0.25) is 0 Å². The van der Waals surface area contributed by atoms with Crippen molar-refractivity contribution in [2.75, 3.05) is 0 Å². The zero-order valence-electron chi connectivity index (χ0n) is 17.3. The molecule has 1 saturated heterocycles. The number of hydrogen-bond acceptors (Lipinski definition) is 2. The van der Waals surface area contributed by atoms with Gasteiger partial charge in [0, 0.05) is 16.8 Å². The molecule has 2 aliphatic rings. The zero-order valence-corrected chi connectivity index (χ0v) is 17.3. The van der Waals surface area contributed by atoms with E-state index in [2.05, 4.69) is 80.8 Å². The van der Waals surface area contributed by atoms with E-state index in [9.17, 15) is 0 Å². The molecule has 1 aliphatic heterocycles. The lowest BCUT2D eigenvalue weighted by atomic mass is 9.79. The van der Waals surface area contributed by atoms with Gasteiger partial charge in [0.05, 0.1) is 16.7 Å². The minimum Gasteiger partial charge on any atom is -0.399 e. The number of rotatable bonds is 2. The Balaban J connectivity index is 1.54. The molecule has 3 aromatic rings. The van der Waals surface area contributed by atoms with Crippen LogP contribution in [0.2, 0.25) is 0 Å². The summed E-state index contributed by atoms with van der Waals surface area (Å²) in [6.07, 6.45) is 4.91. The predicted octanol–water partition coefficient (Wildman–Crippen LogP) is 4.81. The van der Waals surface area contributed by atoms with Gasteiger partial charge < -0.3 is 13.9 Å². The summed E-state index contributed by atoms with van der Waals surface area (Å²) in [5.41, 5.74) is 6.01. The highest BCUT2D eigenvalue weighted by Crippen LogP contribution is 2.37. The fraction of sp³-hybridized carbons (Fsp3) is 0.417. The smallest absolute Gasteiger partial charge is 0.399 e. The number of aromatic nitrogens is 1. The third kappa shape index (κ3) is 2.66. The first-order valence-electron chi connectivity index (χ1n) is 10.4. The lowest BCUT2D eigenvalue weighted by molar-refractivity contribution is 0.00578. The second-order valence-corrected chi connectivity index (χ2v) is 9.16. The van der Waals surface area contributed by atoms with Crippen molar-refractivity contribution < 1.29 is 9.31 Å². The number of para-hydroxylation sites is 1. The highest BCUT2D eigenvalue weighted by molar-refractivity contribution is 6.62. The highest BCUT2D eigenvalue weighted by atomic mass is 16.7. The van der Waals surface area contributed by atoms with Crippen molar-refractivity contribution in [3.63, 3.8) is 0 Å². The van der Waals surface area contributed by atoms with Crippen molar-refractivity contribution >= 4 is 23.5 Å². The van der Waals surface area contributed by atoms with Gasteiger partial charge in [0.25, 0.3) is 0 Å². The van der Waals surface area contributed by atoms with Crippen LogP contribution < -0.4 is 5.46 Å². The molecule has 28 heavy (non-hydrogen) atoms. The summed E-state index contributed by atoms with van der Waals surface area (Å²) in [6.45, 7) is 8.39. The molecule has 2 heterocycles. The molecule has 0 N–H and O–H groups in total. The van der Waals surface area contributed by atoms with Gasteiger partial charge in [0.1, 0.15) is 0 Å². The van der Waals surface area contributed by atoms with E-state index in [1.54, 1.807) is 0 Å². The van der Waals surface area contributed by atoms with Crippen molar-refractivity contribution in [1.82, 2.24) is 4.57 Å². The molecule has 0 amide bonds. The van der Waals surface area contributed by atoms with Crippen molar-refractivity contribution in [3.05, 3.63) is 59.8 Å². The topological polar surface area (TPSA) is 23.4 Å². The SMILES string of the molecule is CC1(C)OB(c2ccc(-n3c4c(c5ccccc53)CCCC4)cc2)OC1(C)C. The van der Waals surface area contributed by atoms with Crippen molar-refractivity contribution in [3.8, 4) is 5.69 Å². The summed E-state index contributed by atoms with van der Waals surface area (Å²) in [7, 11) is -0.311. The molecule has 0 radical (unpaired) electrons. The average Bonchev–Trinajstić information content (AvgIpc) is 3.12. The molecule has 1 fully saturated rings. The van der Waals surface area contributed by atoms with Gasteiger partial charge in [-0.1, -0.05) is 30.3 Å². The molecule has 0 atom stereocenters. The third-order valence-electron chi connectivity index (χ3n) is 6.86. The summed E-state index contributed by atoms with van der Waals surface area (Å²) >= 11 is 0.